The zero-order valence-electron chi connectivity index (χ0n) is 14.8. The summed E-state index contributed by atoms with van der Waals surface area (Å²) >= 11 is 1.68. The zero-order valence-corrected chi connectivity index (χ0v) is 15.6. The molecule has 0 spiro atoms. The van der Waals surface area contributed by atoms with Crippen molar-refractivity contribution in [2.24, 2.45) is 4.99 Å². The molecule has 0 saturated carbocycles. The predicted octanol–water partition coefficient (Wildman–Crippen LogP) is 5.54. The van der Waals surface area contributed by atoms with E-state index in [1.165, 1.54) is 16.7 Å². The third-order valence-electron chi connectivity index (χ3n) is 4.21. The van der Waals surface area contributed by atoms with Gasteiger partial charge in [-0.1, -0.05) is 30.3 Å². The van der Waals surface area contributed by atoms with E-state index in [2.05, 4.69) is 28.6 Å². The number of hydrogen-bond donors (Lipinski definition) is 1. The van der Waals surface area contributed by atoms with Crippen LogP contribution < -0.4 is 0 Å². The largest absolute Gasteiger partial charge is 0.511 e. The van der Waals surface area contributed by atoms with Crippen LogP contribution >= 0.6 is 11.3 Å². The normalized spacial score (nSPS) is 19.0. The Hall–Kier alpha value is -2.20. The fourth-order valence-electron chi connectivity index (χ4n) is 2.87. The van der Waals surface area contributed by atoms with Gasteiger partial charge in [0.15, 0.2) is 5.78 Å². The van der Waals surface area contributed by atoms with Crippen LogP contribution in [0, 0.1) is 0 Å². The van der Waals surface area contributed by atoms with Gasteiger partial charge in [-0.25, -0.2) is 0 Å². The number of aliphatic hydroxyl groups is 1. The first-order valence-electron chi connectivity index (χ1n) is 8.48. The van der Waals surface area contributed by atoms with Gasteiger partial charge < -0.3 is 5.11 Å². The number of hydrogen-bond acceptors (Lipinski definition) is 4. The molecule has 0 bridgehead atoms. The number of thiophene rings is 1. The van der Waals surface area contributed by atoms with Gasteiger partial charge in [0.2, 0.25) is 0 Å². The first-order chi connectivity index (χ1) is 11.8. The Balaban J connectivity index is 1.81. The van der Waals surface area contributed by atoms with E-state index in [1.807, 2.05) is 39.0 Å². The summed E-state index contributed by atoms with van der Waals surface area (Å²) in [6.45, 7) is 5.90. The third-order valence-corrected chi connectivity index (χ3v) is 5.21. The lowest BCUT2D eigenvalue weighted by Gasteiger charge is -2.22. The molecular formula is C21H23NO2S. The van der Waals surface area contributed by atoms with Crippen molar-refractivity contribution in [2.75, 3.05) is 0 Å². The summed E-state index contributed by atoms with van der Waals surface area (Å²) < 4.78 is 0. The molecule has 1 aliphatic rings. The van der Waals surface area contributed by atoms with Crippen LogP contribution in [0.15, 0.2) is 58.1 Å². The zero-order chi connectivity index (χ0) is 18.0. The summed E-state index contributed by atoms with van der Waals surface area (Å²) in [7, 11) is 0. The van der Waals surface area contributed by atoms with Crippen molar-refractivity contribution in [3.63, 3.8) is 0 Å². The SMILES string of the molecule is CC(C)(C)N=CC1=C(O)CC(c2csc(-c3ccccc3)c2)CC1=O. The summed E-state index contributed by atoms with van der Waals surface area (Å²) in [4.78, 5) is 18.0. The second-order valence-electron chi connectivity index (χ2n) is 7.43. The van der Waals surface area contributed by atoms with E-state index in [-0.39, 0.29) is 23.0 Å². The first-order valence-corrected chi connectivity index (χ1v) is 9.36. The Morgan fingerprint density at radius 3 is 2.56 bits per heavy atom. The number of aliphatic imine (C=N–C) groups is 1. The molecule has 3 rings (SSSR count). The lowest BCUT2D eigenvalue weighted by molar-refractivity contribution is -0.116. The molecule has 0 radical (unpaired) electrons. The van der Waals surface area contributed by atoms with Gasteiger partial charge in [0.05, 0.1) is 11.1 Å². The molecule has 4 heteroatoms. The lowest BCUT2D eigenvalue weighted by atomic mass is 9.83. The predicted molar refractivity (Wildman–Crippen MR) is 105 cm³/mol. The maximum Gasteiger partial charge on any atom is 0.168 e. The van der Waals surface area contributed by atoms with Crippen LogP contribution in [0.25, 0.3) is 10.4 Å². The average molecular weight is 353 g/mol. The number of ketones is 1. The van der Waals surface area contributed by atoms with Crippen LogP contribution in [-0.4, -0.2) is 22.6 Å². The van der Waals surface area contributed by atoms with Crippen LogP contribution in [0.4, 0.5) is 0 Å². The second kappa shape index (κ2) is 6.96. The van der Waals surface area contributed by atoms with Gasteiger partial charge >= 0.3 is 0 Å². The maximum absolute atomic E-state index is 12.5. The van der Waals surface area contributed by atoms with Crippen molar-refractivity contribution in [2.45, 2.75) is 45.1 Å². The van der Waals surface area contributed by atoms with Crippen LogP contribution in [-0.2, 0) is 4.79 Å². The number of Topliss-reactive ketones (excluding diaryl/α,β-unsaturated/α-hetero) is 1. The van der Waals surface area contributed by atoms with Crippen LogP contribution in [0.1, 0.15) is 45.1 Å². The van der Waals surface area contributed by atoms with Gasteiger partial charge in [0.1, 0.15) is 5.76 Å². The van der Waals surface area contributed by atoms with E-state index in [0.29, 0.717) is 18.4 Å². The number of nitrogens with zero attached hydrogens (tertiary/aromatic N) is 1. The van der Waals surface area contributed by atoms with Gasteiger partial charge in [0.25, 0.3) is 0 Å². The van der Waals surface area contributed by atoms with E-state index in [0.717, 1.165) is 5.56 Å². The van der Waals surface area contributed by atoms with Crippen molar-refractivity contribution in [1.29, 1.82) is 0 Å². The van der Waals surface area contributed by atoms with Gasteiger partial charge in [0, 0.05) is 23.9 Å². The molecule has 1 unspecified atom stereocenters. The summed E-state index contributed by atoms with van der Waals surface area (Å²) in [5, 5.41) is 12.5. The van der Waals surface area contributed by atoms with E-state index in [1.54, 1.807) is 11.3 Å². The number of benzene rings is 1. The molecule has 0 amide bonds. The number of carbonyl (C=O) groups is 1. The summed E-state index contributed by atoms with van der Waals surface area (Å²) in [6, 6.07) is 12.4. The van der Waals surface area contributed by atoms with Gasteiger partial charge in [-0.15, -0.1) is 11.3 Å². The minimum absolute atomic E-state index is 0.0331. The first kappa shape index (κ1) is 17.6. The molecule has 1 aromatic carbocycles. The highest BCUT2D eigenvalue weighted by molar-refractivity contribution is 7.13. The van der Waals surface area contributed by atoms with Crippen LogP contribution in [0.2, 0.25) is 0 Å². The molecule has 1 N–H and O–H groups in total. The van der Waals surface area contributed by atoms with E-state index in [9.17, 15) is 9.90 Å². The highest BCUT2D eigenvalue weighted by Gasteiger charge is 2.28. The fourth-order valence-corrected chi connectivity index (χ4v) is 3.87. The Bertz CT molecular complexity index is 825. The highest BCUT2D eigenvalue weighted by Crippen LogP contribution is 2.37. The lowest BCUT2D eigenvalue weighted by Crippen LogP contribution is -2.20. The monoisotopic (exact) mass is 353 g/mol. The Morgan fingerprint density at radius 1 is 1.20 bits per heavy atom. The quantitative estimate of drug-likeness (QED) is 0.736. The molecule has 0 fully saturated rings. The summed E-state index contributed by atoms with van der Waals surface area (Å²) in [5.41, 5.74) is 2.40. The smallest absolute Gasteiger partial charge is 0.168 e. The van der Waals surface area contributed by atoms with Crippen molar-refractivity contribution in [3.05, 3.63) is 58.7 Å². The van der Waals surface area contributed by atoms with Crippen LogP contribution in [0.5, 0.6) is 0 Å². The van der Waals surface area contributed by atoms with E-state index >= 15 is 0 Å². The Labute approximate surface area is 152 Å². The third kappa shape index (κ3) is 4.26. The molecule has 1 heterocycles. The minimum atomic E-state index is -0.262. The highest BCUT2D eigenvalue weighted by atomic mass is 32.1. The Morgan fingerprint density at radius 2 is 1.92 bits per heavy atom. The van der Waals surface area contributed by atoms with Crippen molar-refractivity contribution in [3.8, 4) is 10.4 Å². The number of rotatable bonds is 3. The van der Waals surface area contributed by atoms with E-state index in [4.69, 9.17) is 0 Å². The van der Waals surface area contributed by atoms with Crippen molar-refractivity contribution < 1.29 is 9.90 Å². The fraction of sp³-hybridized carbons (Fsp3) is 0.333. The molecule has 0 saturated heterocycles. The number of allylic oxidation sites excluding steroid dienone is 2. The van der Waals surface area contributed by atoms with Gasteiger partial charge in [-0.3, -0.25) is 9.79 Å². The molecule has 1 aromatic heterocycles. The minimum Gasteiger partial charge on any atom is -0.511 e. The molecule has 25 heavy (non-hydrogen) atoms. The maximum atomic E-state index is 12.5. The molecule has 1 aliphatic carbocycles. The number of carbonyl (C=O) groups excluding carboxylic acids is 1. The molecule has 2 aromatic rings. The van der Waals surface area contributed by atoms with E-state index < -0.39 is 0 Å². The average Bonchev–Trinajstić information content (AvgIpc) is 3.04. The molecule has 1 atom stereocenters. The number of aliphatic hydroxyl groups excluding tert-OH is 1. The van der Waals surface area contributed by atoms with Gasteiger partial charge in [-0.2, -0.15) is 0 Å². The molecule has 0 aliphatic heterocycles. The van der Waals surface area contributed by atoms with Gasteiger partial charge in [-0.05, 0) is 49.3 Å². The molecule has 3 nitrogen and oxygen atoms in total. The van der Waals surface area contributed by atoms with Crippen molar-refractivity contribution >= 4 is 23.3 Å². The van der Waals surface area contributed by atoms with Crippen LogP contribution in [0.3, 0.4) is 0 Å². The second-order valence-corrected chi connectivity index (χ2v) is 8.34. The summed E-state index contributed by atoms with van der Waals surface area (Å²) in [6.07, 6.45) is 2.44. The molecule has 130 valence electrons. The summed E-state index contributed by atoms with van der Waals surface area (Å²) in [5.74, 6) is 0.156. The topological polar surface area (TPSA) is 49.7 Å². The standard InChI is InChI=1S/C21H23NO2S/c1-21(2,3)22-12-17-18(23)9-15(10-19(17)24)16-11-20(25-13-16)14-7-5-4-6-8-14/h4-8,11-13,15,23H,9-10H2,1-3H3. The molecular weight excluding hydrogens is 330 g/mol. The Kier molecular flexibility index (Phi) is 4.91. The van der Waals surface area contributed by atoms with Crippen molar-refractivity contribution in [1.82, 2.24) is 0 Å².